The Morgan fingerprint density at radius 2 is 1.93 bits per heavy atom. The van der Waals surface area contributed by atoms with Crippen molar-refractivity contribution in [3.05, 3.63) is 60.6 Å². The van der Waals surface area contributed by atoms with Gasteiger partial charge in [-0.1, -0.05) is 18.2 Å². The number of nitrogens with zero attached hydrogens (tertiary/aromatic N) is 2. The average molecular weight is 364 g/mol. The number of rotatable bonds is 5. The monoisotopic (exact) mass is 364 g/mol. The van der Waals surface area contributed by atoms with E-state index in [1.165, 1.54) is 6.39 Å². The number of carbonyl (C=O) groups excluding carboxylic acids is 1. The molecule has 1 saturated heterocycles. The molecule has 6 nitrogen and oxygen atoms in total. The number of aromatic nitrogens is 1. The van der Waals surface area contributed by atoms with Crippen LogP contribution in [-0.4, -0.2) is 31.7 Å². The first-order valence-electron chi connectivity index (χ1n) is 8.74. The Hall–Kier alpha value is -3.28. The largest absolute Gasteiger partial charge is 0.496 e. The number of hydrogen-bond donors (Lipinski definition) is 0. The minimum atomic E-state index is -0.207. The zero-order chi connectivity index (χ0) is 18.8. The Morgan fingerprint density at radius 1 is 1.11 bits per heavy atom. The molecule has 0 bridgehead atoms. The maximum absolute atomic E-state index is 13.1. The third-order valence-electron chi connectivity index (χ3n) is 4.91. The molecule has 27 heavy (non-hydrogen) atoms. The maximum atomic E-state index is 13.1. The molecule has 0 N–H and O–H groups in total. The van der Waals surface area contributed by atoms with Gasteiger partial charge in [0, 0.05) is 23.9 Å². The van der Waals surface area contributed by atoms with Gasteiger partial charge in [0.15, 0.2) is 12.2 Å². The van der Waals surface area contributed by atoms with Gasteiger partial charge in [-0.15, -0.1) is 0 Å². The lowest BCUT2D eigenvalue weighted by atomic mass is 9.97. The van der Waals surface area contributed by atoms with Gasteiger partial charge in [-0.3, -0.25) is 4.79 Å². The van der Waals surface area contributed by atoms with Crippen LogP contribution in [0.15, 0.2) is 59.5 Å². The Balaban J connectivity index is 1.64. The predicted molar refractivity (Wildman–Crippen MR) is 101 cm³/mol. The minimum absolute atomic E-state index is 0.0639. The van der Waals surface area contributed by atoms with Crippen LogP contribution in [-0.2, 0) is 4.79 Å². The molecule has 0 radical (unpaired) electrons. The molecule has 2 aromatic carbocycles. The third kappa shape index (κ3) is 3.03. The molecule has 1 aromatic heterocycles. The first kappa shape index (κ1) is 17.1. The fraction of sp³-hybridized carbons (Fsp3) is 0.238. The van der Waals surface area contributed by atoms with E-state index < -0.39 is 0 Å². The summed E-state index contributed by atoms with van der Waals surface area (Å²) in [7, 11) is 3.23. The van der Waals surface area contributed by atoms with E-state index in [-0.39, 0.29) is 11.8 Å². The number of amides is 1. The first-order chi connectivity index (χ1) is 13.2. The molecule has 0 aliphatic carbocycles. The Bertz CT molecular complexity index is 953. The van der Waals surface area contributed by atoms with Crippen molar-refractivity contribution in [1.82, 2.24) is 4.98 Å². The molecule has 0 spiro atoms. The van der Waals surface area contributed by atoms with E-state index in [0.29, 0.717) is 18.1 Å². The van der Waals surface area contributed by atoms with Crippen molar-refractivity contribution >= 4 is 11.6 Å². The highest BCUT2D eigenvalue weighted by Crippen LogP contribution is 2.39. The maximum Gasteiger partial charge on any atom is 0.234 e. The molecule has 3 aromatic rings. The summed E-state index contributed by atoms with van der Waals surface area (Å²) in [5, 5.41) is 0. The molecule has 138 valence electrons. The summed E-state index contributed by atoms with van der Waals surface area (Å²) >= 11 is 0. The minimum Gasteiger partial charge on any atom is -0.496 e. The topological polar surface area (TPSA) is 64.8 Å². The number of methoxy groups -OCH3 is 2. The standard InChI is InChI=1S/C21H20N2O4/c1-25-18-6-4-3-5-15(18)16-9-10-23(21(16)24)14-7-8-17(19(11-14)26-2)20-12-22-13-27-20/h3-8,11-13,16H,9-10H2,1-2H3/t16-/m1/s1. The van der Waals surface area contributed by atoms with Gasteiger partial charge in [0.2, 0.25) is 5.91 Å². The van der Waals surface area contributed by atoms with Crippen LogP contribution in [0, 0.1) is 0 Å². The first-order valence-corrected chi connectivity index (χ1v) is 8.74. The molecule has 1 fully saturated rings. The molecule has 6 heteroatoms. The van der Waals surface area contributed by atoms with Crippen LogP contribution in [0.2, 0.25) is 0 Å². The highest BCUT2D eigenvalue weighted by molar-refractivity contribution is 6.01. The lowest BCUT2D eigenvalue weighted by molar-refractivity contribution is -0.118. The molecule has 0 saturated carbocycles. The van der Waals surface area contributed by atoms with Gasteiger partial charge in [0.05, 0.1) is 31.9 Å². The number of hydrogen-bond acceptors (Lipinski definition) is 5. The number of para-hydroxylation sites is 1. The highest BCUT2D eigenvalue weighted by Gasteiger charge is 2.35. The van der Waals surface area contributed by atoms with Gasteiger partial charge in [-0.25, -0.2) is 4.98 Å². The summed E-state index contributed by atoms with van der Waals surface area (Å²) in [5.41, 5.74) is 2.53. The smallest absolute Gasteiger partial charge is 0.234 e. The predicted octanol–water partition coefficient (Wildman–Crippen LogP) is 3.88. The van der Waals surface area contributed by atoms with E-state index in [4.69, 9.17) is 13.9 Å². The lowest BCUT2D eigenvalue weighted by Crippen LogP contribution is -2.26. The van der Waals surface area contributed by atoms with Crippen LogP contribution in [0.1, 0.15) is 17.9 Å². The average Bonchev–Trinajstić information content (AvgIpc) is 3.37. The van der Waals surface area contributed by atoms with Crippen molar-refractivity contribution < 1.29 is 18.7 Å². The summed E-state index contributed by atoms with van der Waals surface area (Å²) in [6.07, 6.45) is 3.76. The van der Waals surface area contributed by atoms with Gasteiger partial charge < -0.3 is 18.8 Å². The molecule has 1 atom stereocenters. The Morgan fingerprint density at radius 3 is 2.67 bits per heavy atom. The molecule has 0 unspecified atom stereocenters. The van der Waals surface area contributed by atoms with Crippen molar-refractivity contribution in [3.63, 3.8) is 0 Å². The van der Waals surface area contributed by atoms with Gasteiger partial charge in [0.1, 0.15) is 11.5 Å². The van der Waals surface area contributed by atoms with E-state index in [1.807, 2.05) is 42.5 Å². The molecule has 1 aliphatic heterocycles. The number of ether oxygens (including phenoxy) is 2. The van der Waals surface area contributed by atoms with Crippen LogP contribution in [0.25, 0.3) is 11.3 Å². The lowest BCUT2D eigenvalue weighted by Gasteiger charge is -2.19. The number of oxazole rings is 1. The van der Waals surface area contributed by atoms with Crippen molar-refractivity contribution in [2.45, 2.75) is 12.3 Å². The zero-order valence-corrected chi connectivity index (χ0v) is 15.2. The second kappa shape index (κ2) is 7.15. The van der Waals surface area contributed by atoms with Crippen molar-refractivity contribution in [1.29, 1.82) is 0 Å². The number of benzene rings is 2. The molecular formula is C21H20N2O4. The van der Waals surface area contributed by atoms with Crippen LogP contribution < -0.4 is 14.4 Å². The van der Waals surface area contributed by atoms with Crippen molar-refractivity contribution in [3.8, 4) is 22.8 Å². The summed E-state index contributed by atoms with van der Waals surface area (Å²) < 4.78 is 16.3. The summed E-state index contributed by atoms with van der Waals surface area (Å²) in [4.78, 5) is 18.8. The zero-order valence-electron chi connectivity index (χ0n) is 15.2. The second-order valence-electron chi connectivity index (χ2n) is 6.32. The summed E-state index contributed by atoms with van der Waals surface area (Å²) in [5.74, 6) is 1.86. The molecule has 1 aliphatic rings. The van der Waals surface area contributed by atoms with E-state index in [9.17, 15) is 4.79 Å². The quantitative estimate of drug-likeness (QED) is 0.687. The fourth-order valence-corrected chi connectivity index (χ4v) is 3.58. The van der Waals surface area contributed by atoms with Crippen LogP contribution in [0.3, 0.4) is 0 Å². The number of anilines is 1. The number of carbonyl (C=O) groups is 1. The van der Waals surface area contributed by atoms with Crippen LogP contribution in [0.4, 0.5) is 5.69 Å². The Labute approximate surface area is 157 Å². The molecule has 1 amide bonds. The van der Waals surface area contributed by atoms with E-state index >= 15 is 0 Å². The van der Waals surface area contributed by atoms with E-state index in [1.54, 1.807) is 25.3 Å². The van der Waals surface area contributed by atoms with Gasteiger partial charge in [0.25, 0.3) is 0 Å². The van der Waals surface area contributed by atoms with Gasteiger partial charge in [-0.2, -0.15) is 0 Å². The highest BCUT2D eigenvalue weighted by atomic mass is 16.5. The third-order valence-corrected chi connectivity index (χ3v) is 4.91. The van der Waals surface area contributed by atoms with E-state index in [0.717, 1.165) is 29.0 Å². The second-order valence-corrected chi connectivity index (χ2v) is 6.32. The van der Waals surface area contributed by atoms with E-state index in [2.05, 4.69) is 4.98 Å². The molecular weight excluding hydrogens is 344 g/mol. The normalized spacial score (nSPS) is 16.6. The summed E-state index contributed by atoms with van der Waals surface area (Å²) in [6.45, 7) is 0.645. The fourth-order valence-electron chi connectivity index (χ4n) is 3.58. The molecule has 2 heterocycles. The summed E-state index contributed by atoms with van der Waals surface area (Å²) in [6, 6.07) is 13.3. The Kier molecular flexibility index (Phi) is 4.54. The van der Waals surface area contributed by atoms with Crippen molar-refractivity contribution in [2.75, 3.05) is 25.7 Å². The SMILES string of the molecule is COc1cc(N2CC[C@H](c3ccccc3OC)C2=O)ccc1-c1cnco1. The van der Waals surface area contributed by atoms with Gasteiger partial charge >= 0.3 is 0 Å². The van der Waals surface area contributed by atoms with Crippen LogP contribution >= 0.6 is 0 Å². The molecule has 4 rings (SSSR count). The van der Waals surface area contributed by atoms with Crippen molar-refractivity contribution in [2.24, 2.45) is 0 Å². The van der Waals surface area contributed by atoms with Gasteiger partial charge in [-0.05, 0) is 24.6 Å². The van der Waals surface area contributed by atoms with Crippen LogP contribution in [0.5, 0.6) is 11.5 Å².